The van der Waals surface area contributed by atoms with Crippen molar-refractivity contribution in [2.24, 2.45) is 0 Å². The molecule has 15 heavy (non-hydrogen) atoms. The van der Waals surface area contributed by atoms with Crippen molar-refractivity contribution >= 4 is 17.4 Å². The Kier molecular flexibility index (Phi) is 60.0. The SMILES string of the molecule is [Al].[CH2]CCC.[CH2]CCC.[CH]=CCCCC. The third-order valence-corrected chi connectivity index (χ3v) is 1.43. The molecule has 0 aliphatic heterocycles. The summed E-state index contributed by atoms with van der Waals surface area (Å²) in [6, 6.07) is 0. The van der Waals surface area contributed by atoms with E-state index >= 15 is 0 Å². The first-order valence-electron chi connectivity index (χ1n) is 5.86. The van der Waals surface area contributed by atoms with Gasteiger partial charge in [-0.15, -0.1) is 0 Å². The molecular weight excluding hydrogens is 195 g/mol. The Bertz CT molecular complexity index is 61.7. The summed E-state index contributed by atoms with van der Waals surface area (Å²) in [5, 5.41) is 0. The van der Waals surface area contributed by atoms with Gasteiger partial charge < -0.3 is 0 Å². The van der Waals surface area contributed by atoms with Crippen LogP contribution in [0.1, 0.15) is 65.7 Å². The Morgan fingerprint density at radius 3 is 1.33 bits per heavy atom. The van der Waals surface area contributed by atoms with Crippen LogP contribution in [0.5, 0.6) is 0 Å². The highest BCUT2D eigenvalue weighted by molar-refractivity contribution is 5.75. The van der Waals surface area contributed by atoms with Gasteiger partial charge in [0.15, 0.2) is 0 Å². The summed E-state index contributed by atoms with van der Waals surface area (Å²) in [6.45, 7) is 18.7. The van der Waals surface area contributed by atoms with Crippen LogP contribution in [0.3, 0.4) is 0 Å². The van der Waals surface area contributed by atoms with Crippen molar-refractivity contribution in [3.63, 3.8) is 0 Å². The van der Waals surface area contributed by atoms with Crippen LogP contribution < -0.4 is 0 Å². The second-order valence-corrected chi connectivity index (χ2v) is 3.09. The van der Waals surface area contributed by atoms with Gasteiger partial charge in [-0.05, 0) is 6.42 Å². The van der Waals surface area contributed by atoms with Gasteiger partial charge in [0.05, 0.1) is 0 Å². The molecule has 0 nitrogen and oxygen atoms in total. The Balaban J connectivity index is -0.0000000606. The summed E-state index contributed by atoms with van der Waals surface area (Å²) >= 11 is 0. The van der Waals surface area contributed by atoms with Gasteiger partial charge in [-0.3, -0.25) is 0 Å². The Labute approximate surface area is 110 Å². The minimum absolute atomic E-state index is 0. The number of rotatable bonds is 5. The molecule has 1 heteroatoms. The van der Waals surface area contributed by atoms with E-state index in [-0.39, 0.29) is 17.4 Å². The van der Waals surface area contributed by atoms with Crippen LogP contribution in [0.4, 0.5) is 0 Å². The molecule has 0 unspecified atom stereocenters. The third-order valence-electron chi connectivity index (χ3n) is 1.43. The first-order valence-corrected chi connectivity index (χ1v) is 5.86. The Morgan fingerprint density at radius 2 is 1.27 bits per heavy atom. The topological polar surface area (TPSA) is 0 Å². The zero-order valence-electron chi connectivity index (χ0n) is 11.1. The van der Waals surface area contributed by atoms with Crippen LogP contribution in [-0.2, 0) is 0 Å². The molecule has 0 aromatic heterocycles. The predicted octanol–water partition coefficient (Wildman–Crippen LogP) is 5.03. The zero-order chi connectivity index (χ0) is 11.7. The van der Waals surface area contributed by atoms with Gasteiger partial charge in [0.2, 0.25) is 0 Å². The molecule has 0 amide bonds. The number of allylic oxidation sites excluding steroid dienone is 1. The van der Waals surface area contributed by atoms with E-state index in [4.69, 9.17) is 6.58 Å². The predicted molar refractivity (Wildman–Crippen MR) is 74.7 cm³/mol. The number of hydrogen-bond donors (Lipinski definition) is 0. The fraction of sp³-hybridized carbons (Fsp3) is 0.714. The fourth-order valence-electron chi connectivity index (χ4n) is 0.322. The maximum atomic E-state index is 5.09. The van der Waals surface area contributed by atoms with Crippen molar-refractivity contribution in [2.75, 3.05) is 0 Å². The van der Waals surface area contributed by atoms with Crippen molar-refractivity contribution in [3.8, 4) is 0 Å². The molecule has 0 aromatic carbocycles. The van der Waals surface area contributed by atoms with E-state index in [0.29, 0.717) is 0 Å². The van der Waals surface area contributed by atoms with Crippen LogP contribution in [0.25, 0.3) is 0 Å². The molecule has 88 valence electrons. The van der Waals surface area contributed by atoms with Gasteiger partial charge >= 0.3 is 0 Å². The van der Waals surface area contributed by atoms with Gasteiger partial charge in [0.25, 0.3) is 0 Å². The van der Waals surface area contributed by atoms with Gasteiger partial charge in [-0.1, -0.05) is 85.8 Å². The summed E-state index contributed by atoms with van der Waals surface area (Å²) in [6.07, 6.45) is 9.81. The largest absolute Gasteiger partial charge is 0.0845 e. The van der Waals surface area contributed by atoms with Crippen molar-refractivity contribution in [1.29, 1.82) is 0 Å². The summed E-state index contributed by atoms with van der Waals surface area (Å²) in [7, 11) is 0. The Morgan fingerprint density at radius 1 is 0.933 bits per heavy atom. The molecule has 0 heterocycles. The number of unbranched alkanes of at least 4 members (excludes halogenated alkanes) is 4. The van der Waals surface area contributed by atoms with Crippen molar-refractivity contribution in [3.05, 3.63) is 26.5 Å². The van der Waals surface area contributed by atoms with Gasteiger partial charge in [-0.2, -0.15) is 0 Å². The van der Waals surface area contributed by atoms with Crippen molar-refractivity contribution in [2.45, 2.75) is 65.7 Å². The summed E-state index contributed by atoms with van der Waals surface area (Å²) in [4.78, 5) is 0. The molecule has 0 atom stereocenters. The summed E-state index contributed by atoms with van der Waals surface area (Å²) < 4.78 is 0. The molecule has 0 spiro atoms. The summed E-state index contributed by atoms with van der Waals surface area (Å²) in [5.74, 6) is 0. The zero-order valence-corrected chi connectivity index (χ0v) is 12.3. The lowest BCUT2D eigenvalue weighted by molar-refractivity contribution is 0.815. The molecule has 0 bridgehead atoms. The molecule has 0 fully saturated rings. The quantitative estimate of drug-likeness (QED) is 0.454. The first kappa shape index (κ1) is 24.5. The lowest BCUT2D eigenvalue weighted by Gasteiger charge is -1.81. The smallest absolute Gasteiger partial charge is 0 e. The molecule has 0 saturated heterocycles. The highest BCUT2D eigenvalue weighted by Gasteiger charge is 1.71. The van der Waals surface area contributed by atoms with E-state index in [1.165, 1.54) is 25.7 Å². The van der Waals surface area contributed by atoms with Crippen LogP contribution >= 0.6 is 0 Å². The maximum absolute atomic E-state index is 5.09. The normalized spacial score (nSPS) is 7.27. The monoisotopic (exact) mass is 224 g/mol. The average Bonchev–Trinajstić information content (AvgIpc) is 2.27. The molecule has 0 aromatic rings. The van der Waals surface area contributed by atoms with E-state index in [9.17, 15) is 0 Å². The van der Waals surface area contributed by atoms with E-state index in [1.54, 1.807) is 6.08 Å². The van der Waals surface area contributed by atoms with E-state index in [2.05, 4.69) is 34.6 Å². The molecule has 0 saturated carbocycles. The molecule has 0 aliphatic carbocycles. The Hall–Kier alpha value is 0.272. The maximum Gasteiger partial charge on any atom is 0 e. The molecule has 0 aliphatic rings. The van der Waals surface area contributed by atoms with Crippen molar-refractivity contribution < 1.29 is 0 Å². The lowest BCUT2D eigenvalue weighted by Crippen LogP contribution is -1.62. The van der Waals surface area contributed by atoms with E-state index in [0.717, 1.165) is 19.3 Å². The molecule has 0 rings (SSSR count). The van der Waals surface area contributed by atoms with Crippen LogP contribution in [-0.4, -0.2) is 17.4 Å². The third kappa shape index (κ3) is 77.3. The van der Waals surface area contributed by atoms with E-state index < -0.39 is 0 Å². The highest BCUT2D eigenvalue weighted by atomic mass is 27.0. The highest BCUT2D eigenvalue weighted by Crippen LogP contribution is 1.91. The first-order chi connectivity index (χ1) is 6.74. The van der Waals surface area contributed by atoms with Gasteiger partial charge in [0, 0.05) is 17.4 Å². The molecule has 0 N–H and O–H groups in total. The van der Waals surface area contributed by atoms with Gasteiger partial charge in [0.1, 0.15) is 0 Å². The standard InChI is InChI=1S/C6H11.2C4H9.Al/c1-3-5-6-4-2;2*1-3-4-2;/h1,3H,4-6H2,2H3;2*1,3-4H2,2H3;. The van der Waals surface area contributed by atoms with Crippen LogP contribution in [0.15, 0.2) is 6.08 Å². The average molecular weight is 224 g/mol. The molecular formula is C14H29Al. The van der Waals surface area contributed by atoms with Gasteiger partial charge in [-0.25, -0.2) is 0 Å². The second kappa shape index (κ2) is 36.7. The minimum atomic E-state index is 0. The number of hydrogen-bond acceptors (Lipinski definition) is 0. The van der Waals surface area contributed by atoms with Crippen LogP contribution in [0, 0.1) is 20.4 Å². The second-order valence-electron chi connectivity index (χ2n) is 3.09. The summed E-state index contributed by atoms with van der Waals surface area (Å²) in [5.41, 5.74) is 0. The lowest BCUT2D eigenvalue weighted by atomic mass is 10.3. The van der Waals surface area contributed by atoms with Crippen molar-refractivity contribution in [1.82, 2.24) is 0 Å². The van der Waals surface area contributed by atoms with Crippen LogP contribution in [0.2, 0.25) is 0 Å². The molecule has 6 radical (unpaired) electrons. The fourth-order valence-corrected chi connectivity index (χ4v) is 0.322. The van der Waals surface area contributed by atoms with E-state index in [1.807, 2.05) is 0 Å². The minimum Gasteiger partial charge on any atom is -0.0845 e.